The number of aliphatic hydroxyl groups is 10. The highest BCUT2D eigenvalue weighted by molar-refractivity contribution is 5.85. The number of aromatic carboxylic acids is 1. The molecule has 1 aromatic heterocycles. The fraction of sp³-hybridized carbons (Fsp3) is 0.857. The van der Waals surface area contributed by atoms with Crippen LogP contribution in [0.1, 0.15) is 10.5 Å². The minimum absolute atomic E-state index is 0.00815. The third kappa shape index (κ3) is 12.0. The number of rotatable bonds is 22. The Kier molecular flexibility index (Phi) is 16.6. The molecule has 0 aliphatic carbocycles. The van der Waals surface area contributed by atoms with Gasteiger partial charge in [0.1, 0.15) is 36.6 Å². The Morgan fingerprint density at radius 3 is 1.69 bits per heavy atom. The topological polar surface area (TPSA) is 292 Å². The SMILES string of the molecule is O=C(O)c1cnnn1CCOCCOCCN(C[C@H](O)[C@@H](O)[C@H](O)[C@H](O)CO)C[C@H](O)[C@@H](O)[C@H](O)[C@H](O)CO. The first kappa shape index (κ1) is 35.1. The van der Waals surface area contributed by atoms with Crippen LogP contribution in [0, 0.1) is 0 Å². The van der Waals surface area contributed by atoms with E-state index in [9.17, 15) is 45.6 Å². The largest absolute Gasteiger partial charge is 0.476 e. The Balaban J connectivity index is 2.58. The standard InChI is InChI=1S/C21H40N4O14/c26-10-15(30)19(34)17(32)13(28)8-24(9-14(29)18(33)20(35)16(31)11-27)1-3-38-5-6-39-4-2-25-12(21(36)37)7-22-23-25/h7,13-20,26-35H,1-6,8-11H2,(H,36,37)/t13-,14-,15+,16+,17+,18+,19+,20+/m0/s1. The van der Waals surface area contributed by atoms with Crippen LogP contribution in [-0.4, -0.2) is 190 Å². The second-order valence-electron chi connectivity index (χ2n) is 8.73. The van der Waals surface area contributed by atoms with E-state index in [-0.39, 0.29) is 45.2 Å². The lowest BCUT2D eigenvalue weighted by molar-refractivity contribution is -0.131. The first-order valence-corrected chi connectivity index (χ1v) is 12.1. The Hall–Kier alpha value is -1.91. The van der Waals surface area contributed by atoms with E-state index in [0.717, 1.165) is 10.9 Å². The Bertz CT molecular complexity index is 774. The molecule has 0 amide bonds. The molecule has 1 aromatic rings. The van der Waals surface area contributed by atoms with Crippen molar-refractivity contribution in [1.29, 1.82) is 0 Å². The highest BCUT2D eigenvalue weighted by Crippen LogP contribution is 2.11. The van der Waals surface area contributed by atoms with Gasteiger partial charge in [0, 0.05) is 19.6 Å². The molecule has 0 spiro atoms. The monoisotopic (exact) mass is 572 g/mol. The van der Waals surface area contributed by atoms with Crippen molar-refractivity contribution in [1.82, 2.24) is 19.9 Å². The van der Waals surface area contributed by atoms with Gasteiger partial charge in [-0.25, -0.2) is 9.48 Å². The summed E-state index contributed by atoms with van der Waals surface area (Å²) in [6.45, 7) is -2.12. The molecule has 11 N–H and O–H groups in total. The number of nitrogens with zero attached hydrogens (tertiary/aromatic N) is 4. The summed E-state index contributed by atoms with van der Waals surface area (Å²) in [6, 6.07) is 0. The molecule has 0 radical (unpaired) electrons. The van der Waals surface area contributed by atoms with Crippen molar-refractivity contribution in [3.05, 3.63) is 11.9 Å². The first-order chi connectivity index (χ1) is 18.4. The summed E-state index contributed by atoms with van der Waals surface area (Å²) in [4.78, 5) is 12.3. The summed E-state index contributed by atoms with van der Waals surface area (Å²) in [5, 5.41) is 113. The normalized spacial score (nSPS) is 18.3. The van der Waals surface area contributed by atoms with E-state index in [4.69, 9.17) is 24.8 Å². The maximum absolute atomic E-state index is 11.0. The zero-order chi connectivity index (χ0) is 29.5. The van der Waals surface area contributed by atoms with Crippen LogP contribution in [0.15, 0.2) is 6.20 Å². The molecule has 0 fully saturated rings. The summed E-state index contributed by atoms with van der Waals surface area (Å²) in [5.41, 5.74) is -0.0914. The number of carboxylic acid groups (broad SMARTS) is 1. The van der Waals surface area contributed by atoms with Crippen LogP contribution in [0.25, 0.3) is 0 Å². The van der Waals surface area contributed by atoms with Crippen LogP contribution in [0.3, 0.4) is 0 Å². The minimum atomic E-state index is -1.89. The molecule has 1 rings (SSSR count). The maximum Gasteiger partial charge on any atom is 0.355 e. The van der Waals surface area contributed by atoms with E-state index >= 15 is 0 Å². The van der Waals surface area contributed by atoms with Crippen molar-refractivity contribution >= 4 is 5.97 Å². The quantitative estimate of drug-likeness (QED) is 0.0575. The van der Waals surface area contributed by atoms with Crippen LogP contribution in [-0.2, 0) is 16.0 Å². The average Bonchev–Trinajstić information content (AvgIpc) is 3.40. The van der Waals surface area contributed by atoms with Crippen molar-refractivity contribution < 1.29 is 70.4 Å². The van der Waals surface area contributed by atoms with Crippen LogP contribution in [0.2, 0.25) is 0 Å². The predicted octanol–water partition coefficient (Wildman–Crippen LogP) is -6.82. The molecule has 8 atom stereocenters. The van der Waals surface area contributed by atoms with Crippen molar-refractivity contribution in [3.8, 4) is 0 Å². The summed E-state index contributed by atoms with van der Waals surface area (Å²) >= 11 is 0. The molecule has 0 unspecified atom stereocenters. The Labute approximate surface area is 223 Å². The Morgan fingerprint density at radius 2 is 1.23 bits per heavy atom. The molecule has 1 heterocycles. The van der Waals surface area contributed by atoms with Gasteiger partial charge >= 0.3 is 5.97 Å². The summed E-state index contributed by atoms with van der Waals surface area (Å²) in [5.74, 6) is -1.18. The van der Waals surface area contributed by atoms with Crippen LogP contribution >= 0.6 is 0 Å². The lowest BCUT2D eigenvalue weighted by Crippen LogP contribution is -2.53. The third-order valence-corrected chi connectivity index (χ3v) is 5.75. The number of ether oxygens (including phenoxy) is 2. The third-order valence-electron chi connectivity index (χ3n) is 5.75. The minimum Gasteiger partial charge on any atom is -0.476 e. The van der Waals surface area contributed by atoms with Crippen LogP contribution in [0.5, 0.6) is 0 Å². The zero-order valence-electron chi connectivity index (χ0n) is 21.2. The van der Waals surface area contributed by atoms with E-state index < -0.39 is 81.1 Å². The molecule has 0 aliphatic heterocycles. The fourth-order valence-corrected chi connectivity index (χ4v) is 3.38. The highest BCUT2D eigenvalue weighted by Gasteiger charge is 2.34. The summed E-state index contributed by atoms with van der Waals surface area (Å²) in [6.07, 6.45) is -13.3. The average molecular weight is 573 g/mol. The molecule has 18 nitrogen and oxygen atoms in total. The molecular weight excluding hydrogens is 532 g/mol. The molecule has 228 valence electrons. The fourth-order valence-electron chi connectivity index (χ4n) is 3.38. The molecular formula is C21H40N4O14. The molecule has 39 heavy (non-hydrogen) atoms. The molecule has 0 saturated heterocycles. The number of carbonyl (C=O) groups is 1. The molecule has 18 heteroatoms. The molecule has 0 bridgehead atoms. The van der Waals surface area contributed by atoms with Crippen molar-refractivity contribution in [2.45, 2.75) is 55.4 Å². The van der Waals surface area contributed by atoms with Crippen LogP contribution < -0.4 is 0 Å². The first-order valence-electron chi connectivity index (χ1n) is 12.1. The van der Waals surface area contributed by atoms with E-state index in [1.165, 1.54) is 4.90 Å². The van der Waals surface area contributed by atoms with Gasteiger partial charge in [-0.3, -0.25) is 4.90 Å². The zero-order valence-corrected chi connectivity index (χ0v) is 21.2. The van der Waals surface area contributed by atoms with E-state index in [1.807, 2.05) is 0 Å². The van der Waals surface area contributed by atoms with Gasteiger partial charge in [0.2, 0.25) is 0 Å². The van der Waals surface area contributed by atoms with Gasteiger partial charge in [-0.2, -0.15) is 0 Å². The second kappa shape index (κ2) is 18.4. The maximum atomic E-state index is 11.0. The number of aromatic nitrogens is 3. The van der Waals surface area contributed by atoms with Gasteiger partial charge in [-0.1, -0.05) is 5.21 Å². The second-order valence-corrected chi connectivity index (χ2v) is 8.73. The number of hydrogen-bond acceptors (Lipinski definition) is 16. The molecule has 0 aliphatic rings. The van der Waals surface area contributed by atoms with Gasteiger partial charge < -0.3 is 65.6 Å². The van der Waals surface area contributed by atoms with Gasteiger partial charge in [0.15, 0.2) is 5.69 Å². The van der Waals surface area contributed by atoms with Gasteiger partial charge in [-0.15, -0.1) is 5.10 Å². The number of carboxylic acids is 1. The van der Waals surface area contributed by atoms with E-state index in [0.29, 0.717) is 0 Å². The van der Waals surface area contributed by atoms with Gasteiger partial charge in [-0.05, 0) is 0 Å². The van der Waals surface area contributed by atoms with Crippen molar-refractivity contribution in [3.63, 3.8) is 0 Å². The highest BCUT2D eigenvalue weighted by atomic mass is 16.5. The number of hydrogen-bond donors (Lipinski definition) is 11. The molecule has 0 saturated carbocycles. The predicted molar refractivity (Wildman–Crippen MR) is 127 cm³/mol. The van der Waals surface area contributed by atoms with Crippen molar-refractivity contribution in [2.75, 3.05) is 59.3 Å². The lowest BCUT2D eigenvalue weighted by atomic mass is 10.0. The number of aliphatic hydroxyl groups excluding tert-OH is 10. The van der Waals surface area contributed by atoms with Gasteiger partial charge in [0.25, 0.3) is 0 Å². The smallest absolute Gasteiger partial charge is 0.355 e. The van der Waals surface area contributed by atoms with E-state index in [2.05, 4.69) is 10.3 Å². The summed E-state index contributed by atoms with van der Waals surface area (Å²) in [7, 11) is 0. The molecule has 0 aromatic carbocycles. The van der Waals surface area contributed by atoms with E-state index in [1.54, 1.807) is 0 Å². The van der Waals surface area contributed by atoms with Gasteiger partial charge in [0.05, 0.1) is 64.6 Å². The van der Waals surface area contributed by atoms with Crippen LogP contribution in [0.4, 0.5) is 0 Å². The Morgan fingerprint density at radius 1 is 0.769 bits per heavy atom. The van der Waals surface area contributed by atoms with Crippen molar-refractivity contribution in [2.24, 2.45) is 0 Å². The lowest BCUT2D eigenvalue weighted by Gasteiger charge is -2.33. The summed E-state index contributed by atoms with van der Waals surface area (Å²) < 4.78 is 11.9.